The molecule has 0 N–H and O–H groups in total. The van der Waals surface area contributed by atoms with Crippen LogP contribution in [-0.2, 0) is 0 Å². The first-order valence-corrected chi connectivity index (χ1v) is 7.16. The number of allylic oxidation sites excluding steroid dienone is 2. The van der Waals surface area contributed by atoms with Crippen molar-refractivity contribution < 1.29 is 0 Å². The Kier molecular flexibility index (Phi) is 4.42. The maximum atomic E-state index is 2.54. The third kappa shape index (κ3) is 2.80. The summed E-state index contributed by atoms with van der Waals surface area (Å²) in [6.45, 7) is 4.55. The normalized spacial score (nSPS) is 18.0. The largest absolute Gasteiger partial charge is 0.0732 e. The molecular weight excluding hydrogens is 204 g/mol. The first-order chi connectivity index (χ1) is 8.36. The topological polar surface area (TPSA) is 0 Å². The summed E-state index contributed by atoms with van der Waals surface area (Å²) in [5, 5.41) is 0. The second-order valence-electron chi connectivity index (χ2n) is 5.13. The van der Waals surface area contributed by atoms with Gasteiger partial charge in [-0.2, -0.15) is 0 Å². The van der Waals surface area contributed by atoms with Crippen molar-refractivity contribution in [3.05, 3.63) is 41.5 Å². The molecular formula is C17H24. The van der Waals surface area contributed by atoms with Crippen LogP contribution >= 0.6 is 0 Å². The molecule has 0 heteroatoms. The van der Waals surface area contributed by atoms with Gasteiger partial charge in [0.25, 0.3) is 0 Å². The van der Waals surface area contributed by atoms with Crippen LogP contribution in [0.1, 0.15) is 69.4 Å². The summed E-state index contributed by atoms with van der Waals surface area (Å²) < 4.78 is 0. The Morgan fingerprint density at radius 2 is 1.76 bits per heavy atom. The molecule has 0 aromatic heterocycles. The summed E-state index contributed by atoms with van der Waals surface area (Å²) >= 11 is 0. The molecule has 0 nitrogen and oxygen atoms in total. The van der Waals surface area contributed by atoms with Gasteiger partial charge in [-0.15, -0.1) is 0 Å². The van der Waals surface area contributed by atoms with Gasteiger partial charge in [-0.05, 0) is 36.0 Å². The minimum absolute atomic E-state index is 0.693. The molecule has 1 atom stereocenters. The summed E-state index contributed by atoms with van der Waals surface area (Å²) in [7, 11) is 0. The van der Waals surface area contributed by atoms with Crippen molar-refractivity contribution in [2.75, 3.05) is 0 Å². The van der Waals surface area contributed by atoms with E-state index in [2.05, 4.69) is 44.2 Å². The Bertz CT molecular complexity index is 387. The van der Waals surface area contributed by atoms with Gasteiger partial charge in [0.1, 0.15) is 0 Å². The predicted molar refractivity (Wildman–Crippen MR) is 76.2 cm³/mol. The summed E-state index contributed by atoms with van der Waals surface area (Å²) in [6.07, 6.45) is 10.4. The minimum atomic E-state index is 0.693. The smallest absolute Gasteiger partial charge is 0.00300 e. The molecule has 0 amide bonds. The number of hydrogen-bond acceptors (Lipinski definition) is 0. The van der Waals surface area contributed by atoms with E-state index in [0.717, 1.165) is 0 Å². The molecule has 92 valence electrons. The Morgan fingerprint density at radius 1 is 1.00 bits per heavy atom. The first kappa shape index (κ1) is 12.4. The molecule has 0 saturated carbocycles. The van der Waals surface area contributed by atoms with Crippen LogP contribution in [-0.4, -0.2) is 0 Å². The third-order valence-electron chi connectivity index (χ3n) is 3.78. The fourth-order valence-electron chi connectivity index (χ4n) is 2.78. The first-order valence-electron chi connectivity index (χ1n) is 7.16. The number of fused-ring (bicyclic) bond motifs is 1. The molecule has 1 aliphatic rings. The highest BCUT2D eigenvalue weighted by Crippen LogP contribution is 2.40. The molecule has 1 aliphatic carbocycles. The van der Waals surface area contributed by atoms with E-state index in [1.54, 1.807) is 11.1 Å². The molecule has 0 fully saturated rings. The van der Waals surface area contributed by atoms with Crippen molar-refractivity contribution in [1.82, 2.24) is 0 Å². The average molecular weight is 228 g/mol. The SMILES string of the molecule is CCCCC1=CC(CCCC)c2ccccc21. The van der Waals surface area contributed by atoms with Crippen molar-refractivity contribution in [2.24, 2.45) is 0 Å². The Morgan fingerprint density at radius 3 is 2.53 bits per heavy atom. The number of rotatable bonds is 6. The van der Waals surface area contributed by atoms with Gasteiger partial charge < -0.3 is 0 Å². The van der Waals surface area contributed by atoms with Crippen LogP contribution in [0, 0.1) is 0 Å². The van der Waals surface area contributed by atoms with E-state index in [-0.39, 0.29) is 0 Å². The zero-order chi connectivity index (χ0) is 12.1. The van der Waals surface area contributed by atoms with Crippen LogP contribution in [0.2, 0.25) is 0 Å². The summed E-state index contributed by atoms with van der Waals surface area (Å²) in [4.78, 5) is 0. The molecule has 0 saturated heterocycles. The van der Waals surface area contributed by atoms with Crippen LogP contribution < -0.4 is 0 Å². The Balaban J connectivity index is 2.16. The number of benzene rings is 1. The van der Waals surface area contributed by atoms with Crippen LogP contribution in [0.25, 0.3) is 5.57 Å². The lowest BCUT2D eigenvalue weighted by atomic mass is 9.95. The molecule has 0 aliphatic heterocycles. The van der Waals surface area contributed by atoms with E-state index in [4.69, 9.17) is 0 Å². The molecule has 1 aromatic carbocycles. The maximum absolute atomic E-state index is 2.54. The quantitative estimate of drug-likeness (QED) is 0.599. The Labute approximate surface area is 106 Å². The third-order valence-corrected chi connectivity index (χ3v) is 3.78. The van der Waals surface area contributed by atoms with E-state index in [1.807, 2.05) is 0 Å². The zero-order valence-electron chi connectivity index (χ0n) is 11.2. The molecule has 0 heterocycles. The lowest BCUT2D eigenvalue weighted by Gasteiger charge is -2.09. The second kappa shape index (κ2) is 6.05. The Hall–Kier alpha value is -1.04. The monoisotopic (exact) mass is 228 g/mol. The molecule has 0 spiro atoms. The standard InChI is InChI=1S/C17H24/c1-3-5-9-14-13-15(10-6-4-2)17-12-8-7-11-16(14)17/h7-8,11-14H,3-6,9-10H2,1-2H3. The van der Waals surface area contributed by atoms with Gasteiger partial charge in [0.15, 0.2) is 0 Å². The zero-order valence-corrected chi connectivity index (χ0v) is 11.2. The molecule has 0 radical (unpaired) electrons. The fourth-order valence-corrected chi connectivity index (χ4v) is 2.78. The second-order valence-corrected chi connectivity index (χ2v) is 5.13. The van der Waals surface area contributed by atoms with Crippen molar-refractivity contribution >= 4 is 5.57 Å². The minimum Gasteiger partial charge on any atom is -0.0732 e. The predicted octanol–water partition coefficient (Wildman–Crippen LogP) is 5.55. The summed E-state index contributed by atoms with van der Waals surface area (Å²) in [6, 6.07) is 9.00. The number of hydrogen-bond donors (Lipinski definition) is 0. The van der Waals surface area contributed by atoms with Gasteiger partial charge in [0, 0.05) is 5.92 Å². The lowest BCUT2D eigenvalue weighted by Crippen LogP contribution is -1.92. The van der Waals surface area contributed by atoms with E-state index in [1.165, 1.54) is 44.1 Å². The highest BCUT2D eigenvalue weighted by Gasteiger charge is 2.21. The van der Waals surface area contributed by atoms with Crippen LogP contribution in [0.15, 0.2) is 30.3 Å². The molecule has 2 rings (SSSR count). The summed E-state index contributed by atoms with van der Waals surface area (Å²) in [5.74, 6) is 0.693. The number of unbranched alkanes of at least 4 members (excludes halogenated alkanes) is 2. The van der Waals surface area contributed by atoms with Gasteiger partial charge in [0.2, 0.25) is 0 Å². The van der Waals surface area contributed by atoms with Gasteiger partial charge >= 0.3 is 0 Å². The van der Waals surface area contributed by atoms with Gasteiger partial charge in [0.05, 0.1) is 0 Å². The van der Waals surface area contributed by atoms with Crippen molar-refractivity contribution in [1.29, 1.82) is 0 Å². The van der Waals surface area contributed by atoms with Crippen LogP contribution in [0.3, 0.4) is 0 Å². The van der Waals surface area contributed by atoms with Gasteiger partial charge in [-0.3, -0.25) is 0 Å². The fraction of sp³-hybridized carbons (Fsp3) is 0.529. The van der Waals surface area contributed by atoms with E-state index >= 15 is 0 Å². The van der Waals surface area contributed by atoms with Crippen molar-refractivity contribution in [3.63, 3.8) is 0 Å². The van der Waals surface area contributed by atoms with Gasteiger partial charge in [-0.1, -0.05) is 63.5 Å². The molecule has 0 bridgehead atoms. The van der Waals surface area contributed by atoms with Crippen LogP contribution in [0.4, 0.5) is 0 Å². The van der Waals surface area contributed by atoms with E-state index in [9.17, 15) is 0 Å². The summed E-state index contributed by atoms with van der Waals surface area (Å²) in [5.41, 5.74) is 4.71. The highest BCUT2D eigenvalue weighted by molar-refractivity contribution is 5.74. The van der Waals surface area contributed by atoms with Crippen molar-refractivity contribution in [3.8, 4) is 0 Å². The lowest BCUT2D eigenvalue weighted by molar-refractivity contribution is 0.669. The highest BCUT2D eigenvalue weighted by atomic mass is 14.3. The molecule has 17 heavy (non-hydrogen) atoms. The van der Waals surface area contributed by atoms with E-state index in [0.29, 0.717) is 5.92 Å². The average Bonchev–Trinajstić information content (AvgIpc) is 2.72. The molecule has 1 aromatic rings. The van der Waals surface area contributed by atoms with Crippen LogP contribution in [0.5, 0.6) is 0 Å². The van der Waals surface area contributed by atoms with E-state index < -0.39 is 0 Å². The van der Waals surface area contributed by atoms with Crippen molar-refractivity contribution in [2.45, 2.75) is 58.3 Å². The van der Waals surface area contributed by atoms with Gasteiger partial charge in [-0.25, -0.2) is 0 Å². The molecule has 1 unspecified atom stereocenters. The maximum Gasteiger partial charge on any atom is 0.00300 e.